The van der Waals surface area contributed by atoms with E-state index in [9.17, 15) is 0 Å². The van der Waals surface area contributed by atoms with Crippen LogP contribution in [0.4, 0.5) is 0 Å². The predicted molar refractivity (Wildman–Crippen MR) is 41.9 cm³/mol. The number of hydrogen-bond acceptors (Lipinski definition) is 4. The molecule has 89 valence electrons. The molecule has 0 aliphatic heterocycles. The van der Waals surface area contributed by atoms with Crippen LogP contribution in [-0.2, 0) is 37.9 Å². The minimum Gasteiger partial charge on any atom is -0.412 e. The van der Waals surface area contributed by atoms with E-state index in [1.54, 1.807) is 0 Å². The van der Waals surface area contributed by atoms with Gasteiger partial charge >= 0.3 is 20.8 Å². The molecule has 0 aromatic heterocycles. The fourth-order valence-corrected chi connectivity index (χ4v) is 0. The molecule has 0 spiro atoms. The van der Waals surface area contributed by atoms with Gasteiger partial charge in [-0.25, -0.2) is 0 Å². The van der Waals surface area contributed by atoms with Gasteiger partial charge in [-0.1, -0.05) is 0 Å². The van der Waals surface area contributed by atoms with Crippen molar-refractivity contribution in [1.29, 1.82) is 0 Å². The Kier molecular flexibility index (Phi) is 24.3. The molecule has 0 saturated carbocycles. The molecule has 0 amide bonds. The van der Waals surface area contributed by atoms with Crippen LogP contribution in [0.5, 0.6) is 0 Å². The summed E-state index contributed by atoms with van der Waals surface area (Å²) in [6, 6.07) is 0. The van der Waals surface area contributed by atoms with E-state index < -0.39 is 20.8 Å². The molecule has 13 heavy (non-hydrogen) atoms. The summed E-state index contributed by atoms with van der Waals surface area (Å²) in [5, 5.41) is 0. The van der Waals surface area contributed by atoms with Crippen LogP contribution in [0.3, 0.4) is 0 Å². The summed E-state index contributed by atoms with van der Waals surface area (Å²) in [5.74, 6) is 0. The zero-order valence-corrected chi connectivity index (χ0v) is 7.61. The van der Waals surface area contributed by atoms with E-state index in [-0.39, 0.29) is 39.9 Å². The molecule has 0 rings (SSSR count). The summed E-state index contributed by atoms with van der Waals surface area (Å²) in [6.45, 7) is 0. The van der Waals surface area contributed by atoms with Gasteiger partial charge in [0.15, 0.2) is 17.4 Å². The Labute approximate surface area is 95.6 Å². The fraction of sp³-hybridized carbons (Fsp3) is 0. The van der Waals surface area contributed by atoms with Gasteiger partial charge in [0.1, 0.15) is 0 Å². The Morgan fingerprint density at radius 2 is 0.692 bits per heavy atom. The molecule has 0 aliphatic rings. The molecule has 1 radical (unpaired) electrons. The van der Waals surface area contributed by atoms with Gasteiger partial charge in [0.05, 0.1) is 0 Å². The topological polar surface area (TPSA) is 181 Å². The molecular weight excluding hydrogens is 299 g/mol. The van der Waals surface area contributed by atoms with Crippen molar-refractivity contribution in [2.24, 2.45) is 0 Å². The maximum atomic E-state index is 8.74. The molecule has 0 aliphatic carbocycles. The predicted octanol–water partition coefficient (Wildman–Crippen LogP) is -3.32. The first-order chi connectivity index (χ1) is 4.00. The maximum Gasteiger partial charge on any atom is 0.394 e. The van der Waals surface area contributed by atoms with Gasteiger partial charge in [0.2, 0.25) is 0 Å². The van der Waals surface area contributed by atoms with Crippen LogP contribution in [0.2, 0.25) is 0 Å². The Morgan fingerprint density at radius 3 is 0.692 bits per heavy atom. The average Bonchev–Trinajstić information content (AvgIpc) is 1.12. The van der Waals surface area contributed by atoms with Crippen LogP contribution in [0.25, 0.3) is 0 Å². The number of rotatable bonds is 0. The van der Waals surface area contributed by atoms with Crippen molar-refractivity contribution in [2.75, 3.05) is 0 Å². The van der Waals surface area contributed by atoms with Gasteiger partial charge in [0, 0.05) is 17.1 Å². The first-order valence-corrected chi connectivity index (χ1v) is 4.19. The van der Waals surface area contributed by atoms with Crippen molar-refractivity contribution in [2.45, 2.75) is 0 Å². The molecule has 0 aromatic carbocycles. The monoisotopic (exact) mass is 307 g/mol. The SMILES string of the molecule is O.O=S(=O)(O)O.O=S(=O)(O)O.[AlH3].[Cu]. The van der Waals surface area contributed by atoms with Crippen molar-refractivity contribution >= 4 is 38.2 Å². The van der Waals surface area contributed by atoms with E-state index in [4.69, 9.17) is 35.0 Å². The van der Waals surface area contributed by atoms with Gasteiger partial charge in [-0.15, -0.1) is 0 Å². The van der Waals surface area contributed by atoms with Crippen LogP contribution in [-0.4, -0.2) is 57.9 Å². The zero-order valence-electron chi connectivity index (χ0n) is 5.04. The maximum absolute atomic E-state index is 8.74. The Balaban J connectivity index is -0.0000000267. The minimum absolute atomic E-state index is 0. The Bertz CT molecular complexity index is 214. The third-order valence-corrected chi connectivity index (χ3v) is 0. The molecule has 6 N–H and O–H groups in total. The van der Waals surface area contributed by atoms with E-state index in [0.29, 0.717) is 0 Å². The molecule has 0 fully saturated rings. The summed E-state index contributed by atoms with van der Waals surface area (Å²) in [7, 11) is -9.33. The summed E-state index contributed by atoms with van der Waals surface area (Å²) < 4.78 is 63.2. The van der Waals surface area contributed by atoms with Crippen molar-refractivity contribution in [3.63, 3.8) is 0 Å². The van der Waals surface area contributed by atoms with Gasteiger partial charge < -0.3 is 5.48 Å². The normalized spacial score (nSPS) is 8.92. The van der Waals surface area contributed by atoms with Crippen molar-refractivity contribution in [3.05, 3.63) is 0 Å². The standard InChI is InChI=1S/Al.Cu.2H2O4S.H2O.3H/c;;2*1-5(2,3)4;;;;/h;;2*(H2,1,2,3,4);1H2;;;. The van der Waals surface area contributed by atoms with Gasteiger partial charge in [-0.05, 0) is 0 Å². The van der Waals surface area contributed by atoms with Crippen molar-refractivity contribution in [3.8, 4) is 0 Å². The van der Waals surface area contributed by atoms with Crippen LogP contribution < -0.4 is 0 Å². The third kappa shape index (κ3) is 2610. The largest absolute Gasteiger partial charge is 0.412 e. The summed E-state index contributed by atoms with van der Waals surface area (Å²) in [6.07, 6.45) is 0. The summed E-state index contributed by atoms with van der Waals surface area (Å²) in [4.78, 5) is 0. The number of hydrogen-bond donors (Lipinski definition) is 4. The second-order valence-electron chi connectivity index (χ2n) is 0.896. The third-order valence-electron chi connectivity index (χ3n) is 0. The molecule has 0 aromatic rings. The quantitative estimate of drug-likeness (QED) is 0.265. The fourth-order valence-electron chi connectivity index (χ4n) is 0. The molecular formula is H9AlCuO9S2. The van der Waals surface area contributed by atoms with Crippen LogP contribution in [0.15, 0.2) is 0 Å². The second-order valence-corrected chi connectivity index (χ2v) is 2.69. The van der Waals surface area contributed by atoms with E-state index in [2.05, 4.69) is 0 Å². The van der Waals surface area contributed by atoms with Crippen molar-refractivity contribution < 1.29 is 57.6 Å². The van der Waals surface area contributed by atoms with Gasteiger partial charge in [-0.2, -0.15) is 16.8 Å². The van der Waals surface area contributed by atoms with Crippen LogP contribution in [0.1, 0.15) is 0 Å². The van der Waals surface area contributed by atoms with Crippen LogP contribution in [0, 0.1) is 0 Å². The van der Waals surface area contributed by atoms with Gasteiger partial charge in [0.25, 0.3) is 0 Å². The zero-order chi connectivity index (χ0) is 9.00. The first kappa shape index (κ1) is 29.2. The molecule has 13 heteroatoms. The Hall–Kier alpha value is 0.752. The smallest absolute Gasteiger partial charge is 0.394 e. The second kappa shape index (κ2) is 10.8. The molecule has 9 nitrogen and oxygen atoms in total. The van der Waals surface area contributed by atoms with Gasteiger partial charge in [-0.3, -0.25) is 18.2 Å². The summed E-state index contributed by atoms with van der Waals surface area (Å²) in [5.41, 5.74) is 0. The molecule has 0 heterocycles. The van der Waals surface area contributed by atoms with E-state index in [1.807, 2.05) is 0 Å². The molecule has 0 unspecified atom stereocenters. The summed E-state index contributed by atoms with van der Waals surface area (Å²) >= 11 is 0. The van der Waals surface area contributed by atoms with Crippen LogP contribution >= 0.6 is 0 Å². The average molecular weight is 308 g/mol. The van der Waals surface area contributed by atoms with E-state index in [1.165, 1.54) is 0 Å². The molecule has 0 atom stereocenters. The van der Waals surface area contributed by atoms with E-state index in [0.717, 1.165) is 0 Å². The van der Waals surface area contributed by atoms with Crippen molar-refractivity contribution in [1.82, 2.24) is 0 Å². The first-order valence-electron chi connectivity index (χ1n) is 1.40. The molecule has 0 saturated heterocycles. The molecule has 0 bridgehead atoms. The Morgan fingerprint density at radius 1 is 0.692 bits per heavy atom. The minimum atomic E-state index is -4.67. The van der Waals surface area contributed by atoms with E-state index >= 15 is 0 Å².